The van der Waals surface area contributed by atoms with Crippen molar-refractivity contribution in [1.29, 1.82) is 0 Å². The van der Waals surface area contributed by atoms with Gasteiger partial charge in [-0.05, 0) is 56.7 Å². The quantitative estimate of drug-likeness (QED) is 0.820. The molecule has 0 unspecified atom stereocenters. The number of nitrogens with zero attached hydrogens (tertiary/aromatic N) is 2. The van der Waals surface area contributed by atoms with Crippen molar-refractivity contribution in [3.05, 3.63) is 23.4 Å². The summed E-state index contributed by atoms with van der Waals surface area (Å²) in [5.41, 5.74) is 8.21. The summed E-state index contributed by atoms with van der Waals surface area (Å²) in [5, 5.41) is 0. The van der Waals surface area contributed by atoms with Crippen molar-refractivity contribution in [2.45, 2.75) is 59.0 Å². The van der Waals surface area contributed by atoms with E-state index in [9.17, 15) is 0 Å². The molecule has 3 nitrogen and oxygen atoms in total. The van der Waals surface area contributed by atoms with Gasteiger partial charge < -0.3 is 10.6 Å². The molecule has 0 aliphatic heterocycles. The minimum Gasteiger partial charge on any atom is -0.354 e. The van der Waals surface area contributed by atoms with E-state index in [-0.39, 0.29) is 0 Å². The van der Waals surface area contributed by atoms with Gasteiger partial charge in [0.15, 0.2) is 0 Å². The van der Waals surface area contributed by atoms with E-state index < -0.39 is 0 Å². The molecule has 0 radical (unpaired) electrons. The Labute approximate surface area is 117 Å². The van der Waals surface area contributed by atoms with Crippen LogP contribution in [0.3, 0.4) is 0 Å². The highest BCUT2D eigenvalue weighted by Gasteiger charge is 2.26. The first-order valence-corrected chi connectivity index (χ1v) is 7.60. The van der Waals surface area contributed by atoms with Crippen LogP contribution >= 0.6 is 0 Å². The van der Waals surface area contributed by atoms with Crippen molar-refractivity contribution in [2.24, 2.45) is 11.7 Å². The molecule has 0 spiro atoms. The average molecular weight is 261 g/mol. The second-order valence-corrected chi connectivity index (χ2v) is 5.97. The summed E-state index contributed by atoms with van der Waals surface area (Å²) in [6.07, 6.45) is 4.92. The van der Waals surface area contributed by atoms with Crippen molar-refractivity contribution in [3.63, 3.8) is 0 Å². The number of rotatable bonds is 7. The molecule has 1 saturated carbocycles. The molecule has 19 heavy (non-hydrogen) atoms. The summed E-state index contributed by atoms with van der Waals surface area (Å²) in [7, 11) is 0. The maximum atomic E-state index is 5.83. The Kier molecular flexibility index (Phi) is 4.81. The van der Waals surface area contributed by atoms with Gasteiger partial charge in [0.1, 0.15) is 5.82 Å². The van der Waals surface area contributed by atoms with E-state index in [1.165, 1.54) is 24.1 Å². The highest BCUT2D eigenvalue weighted by Crippen LogP contribution is 2.32. The first kappa shape index (κ1) is 14.3. The average Bonchev–Trinajstić information content (AvgIpc) is 3.19. The SMILES string of the molecule is CCCc1cc(CN)cc(N(CC2CC2)C(C)C)n1. The summed E-state index contributed by atoms with van der Waals surface area (Å²) in [6.45, 7) is 8.43. The van der Waals surface area contributed by atoms with Crippen LogP contribution < -0.4 is 10.6 Å². The van der Waals surface area contributed by atoms with E-state index in [4.69, 9.17) is 10.7 Å². The number of hydrogen-bond acceptors (Lipinski definition) is 3. The van der Waals surface area contributed by atoms with Gasteiger partial charge in [0.2, 0.25) is 0 Å². The molecule has 1 aliphatic carbocycles. The molecule has 0 aromatic carbocycles. The zero-order chi connectivity index (χ0) is 13.8. The number of pyridine rings is 1. The van der Waals surface area contributed by atoms with Crippen LogP contribution in [0.4, 0.5) is 5.82 Å². The van der Waals surface area contributed by atoms with Gasteiger partial charge in [-0.1, -0.05) is 13.3 Å². The lowest BCUT2D eigenvalue weighted by molar-refractivity contribution is 0.634. The lowest BCUT2D eigenvalue weighted by atomic mass is 10.1. The standard InChI is InChI=1S/C16H27N3/c1-4-5-15-8-14(10-17)9-16(18-15)19(12(2)3)11-13-6-7-13/h8-9,12-13H,4-7,10-11,17H2,1-3H3. The molecule has 3 heteroatoms. The molecule has 1 aromatic rings. The predicted octanol–water partition coefficient (Wildman–Crippen LogP) is 3.12. The smallest absolute Gasteiger partial charge is 0.129 e. The number of hydrogen-bond donors (Lipinski definition) is 1. The Morgan fingerprint density at radius 3 is 2.63 bits per heavy atom. The summed E-state index contributed by atoms with van der Waals surface area (Å²) >= 11 is 0. The molecule has 2 rings (SSSR count). The maximum Gasteiger partial charge on any atom is 0.129 e. The third kappa shape index (κ3) is 3.93. The van der Waals surface area contributed by atoms with Crippen LogP contribution in [-0.2, 0) is 13.0 Å². The molecule has 0 saturated heterocycles. The lowest BCUT2D eigenvalue weighted by Gasteiger charge is -2.29. The van der Waals surface area contributed by atoms with Crippen LogP contribution in [0, 0.1) is 5.92 Å². The van der Waals surface area contributed by atoms with Crippen LogP contribution in [0.5, 0.6) is 0 Å². The Morgan fingerprint density at radius 1 is 1.37 bits per heavy atom. The third-order valence-electron chi connectivity index (χ3n) is 3.74. The van der Waals surface area contributed by atoms with Crippen LogP contribution in [-0.4, -0.2) is 17.6 Å². The van der Waals surface area contributed by atoms with E-state index in [0.717, 1.165) is 31.1 Å². The largest absolute Gasteiger partial charge is 0.354 e. The second-order valence-electron chi connectivity index (χ2n) is 5.97. The Bertz CT molecular complexity index is 410. The van der Waals surface area contributed by atoms with Crippen molar-refractivity contribution in [1.82, 2.24) is 4.98 Å². The Morgan fingerprint density at radius 2 is 2.11 bits per heavy atom. The summed E-state index contributed by atoms with van der Waals surface area (Å²) < 4.78 is 0. The number of aryl methyl sites for hydroxylation is 1. The monoisotopic (exact) mass is 261 g/mol. The molecule has 0 amide bonds. The van der Waals surface area contributed by atoms with Crippen LogP contribution in [0.1, 0.15) is 51.3 Å². The minimum absolute atomic E-state index is 0.496. The van der Waals surface area contributed by atoms with E-state index in [1.54, 1.807) is 0 Å². The van der Waals surface area contributed by atoms with Crippen molar-refractivity contribution < 1.29 is 0 Å². The van der Waals surface area contributed by atoms with E-state index >= 15 is 0 Å². The fraction of sp³-hybridized carbons (Fsp3) is 0.688. The lowest BCUT2D eigenvalue weighted by Crippen LogP contribution is -2.33. The van der Waals surface area contributed by atoms with Crippen LogP contribution in [0.15, 0.2) is 12.1 Å². The van der Waals surface area contributed by atoms with Gasteiger partial charge in [0, 0.05) is 24.8 Å². The zero-order valence-electron chi connectivity index (χ0n) is 12.5. The molecule has 2 N–H and O–H groups in total. The fourth-order valence-electron chi connectivity index (χ4n) is 2.43. The maximum absolute atomic E-state index is 5.83. The van der Waals surface area contributed by atoms with Gasteiger partial charge in [-0.25, -0.2) is 4.98 Å². The van der Waals surface area contributed by atoms with Crippen LogP contribution in [0.25, 0.3) is 0 Å². The topological polar surface area (TPSA) is 42.1 Å². The van der Waals surface area contributed by atoms with Crippen molar-refractivity contribution >= 4 is 5.82 Å². The van der Waals surface area contributed by atoms with Crippen LogP contribution in [0.2, 0.25) is 0 Å². The molecule has 1 aliphatic rings. The summed E-state index contributed by atoms with van der Waals surface area (Å²) in [4.78, 5) is 7.28. The summed E-state index contributed by atoms with van der Waals surface area (Å²) in [6, 6.07) is 4.82. The molecule has 1 heterocycles. The summed E-state index contributed by atoms with van der Waals surface area (Å²) in [5.74, 6) is 1.99. The fourth-order valence-corrected chi connectivity index (χ4v) is 2.43. The predicted molar refractivity (Wildman–Crippen MR) is 81.3 cm³/mol. The first-order valence-electron chi connectivity index (χ1n) is 7.60. The van der Waals surface area contributed by atoms with E-state index in [2.05, 4.69) is 37.8 Å². The molecule has 106 valence electrons. The molecule has 1 aromatic heterocycles. The molecule has 1 fully saturated rings. The Hall–Kier alpha value is -1.09. The third-order valence-corrected chi connectivity index (χ3v) is 3.74. The normalized spacial score (nSPS) is 15.0. The zero-order valence-corrected chi connectivity index (χ0v) is 12.5. The highest BCUT2D eigenvalue weighted by atomic mass is 15.2. The molecular weight excluding hydrogens is 234 g/mol. The van der Waals surface area contributed by atoms with Gasteiger partial charge >= 0.3 is 0 Å². The molecule has 0 bridgehead atoms. The van der Waals surface area contributed by atoms with Crippen molar-refractivity contribution in [2.75, 3.05) is 11.4 Å². The minimum atomic E-state index is 0.496. The van der Waals surface area contributed by atoms with E-state index in [0.29, 0.717) is 12.6 Å². The van der Waals surface area contributed by atoms with E-state index in [1.807, 2.05) is 0 Å². The first-order chi connectivity index (χ1) is 9.13. The number of aromatic nitrogens is 1. The van der Waals surface area contributed by atoms with Gasteiger partial charge in [-0.15, -0.1) is 0 Å². The highest BCUT2D eigenvalue weighted by molar-refractivity contribution is 5.44. The van der Waals surface area contributed by atoms with Crippen molar-refractivity contribution in [3.8, 4) is 0 Å². The van der Waals surface area contributed by atoms with Gasteiger partial charge in [-0.3, -0.25) is 0 Å². The van der Waals surface area contributed by atoms with Gasteiger partial charge in [-0.2, -0.15) is 0 Å². The van der Waals surface area contributed by atoms with Gasteiger partial charge in [0.25, 0.3) is 0 Å². The number of nitrogens with two attached hydrogens (primary N) is 1. The number of anilines is 1. The molecule has 0 atom stereocenters. The molecular formula is C16H27N3. The second kappa shape index (κ2) is 6.38. The van der Waals surface area contributed by atoms with Gasteiger partial charge in [0.05, 0.1) is 0 Å². The Balaban J connectivity index is 2.25.